The van der Waals surface area contributed by atoms with Gasteiger partial charge in [-0.1, -0.05) is 13.8 Å². The summed E-state index contributed by atoms with van der Waals surface area (Å²) in [6.45, 7) is 8.11. The molecule has 0 saturated heterocycles. The maximum absolute atomic E-state index is 9.65. The topological polar surface area (TPSA) is 50.1 Å². The van der Waals surface area contributed by atoms with E-state index in [0.29, 0.717) is 6.04 Å². The van der Waals surface area contributed by atoms with Gasteiger partial charge in [-0.15, -0.1) is 0 Å². The molecule has 2 atom stereocenters. The maximum atomic E-state index is 9.65. The first-order valence-electron chi connectivity index (χ1n) is 5.96. The molecule has 2 N–H and O–H groups in total. The third-order valence-corrected chi connectivity index (χ3v) is 3.88. The van der Waals surface area contributed by atoms with Gasteiger partial charge in [0.15, 0.2) is 0 Å². The van der Waals surface area contributed by atoms with Gasteiger partial charge < -0.3 is 15.0 Å². The van der Waals surface area contributed by atoms with Crippen molar-refractivity contribution < 1.29 is 5.11 Å². The van der Waals surface area contributed by atoms with Crippen LogP contribution in [-0.4, -0.2) is 26.8 Å². The van der Waals surface area contributed by atoms with E-state index in [9.17, 15) is 5.11 Å². The van der Waals surface area contributed by atoms with Crippen molar-refractivity contribution >= 4 is 0 Å². The fourth-order valence-corrected chi connectivity index (χ4v) is 2.26. The van der Waals surface area contributed by atoms with E-state index in [1.165, 1.54) is 5.69 Å². The first kappa shape index (κ1) is 11.6. The van der Waals surface area contributed by atoms with Crippen LogP contribution in [0.2, 0.25) is 0 Å². The third kappa shape index (κ3) is 1.87. The lowest BCUT2D eigenvalue weighted by atomic mass is 9.64. The molecule has 16 heavy (non-hydrogen) atoms. The van der Waals surface area contributed by atoms with Crippen LogP contribution in [0, 0.1) is 5.41 Å². The molecule has 1 saturated carbocycles. The average Bonchev–Trinajstić information content (AvgIpc) is 2.71. The lowest BCUT2D eigenvalue weighted by molar-refractivity contribution is -0.0731. The Morgan fingerprint density at radius 2 is 2.38 bits per heavy atom. The molecule has 1 fully saturated rings. The summed E-state index contributed by atoms with van der Waals surface area (Å²) in [4.78, 5) is 4.14. The Hall–Kier alpha value is -0.870. The SMILES string of the molecule is CCn1cncc1CNC1CC(O)C1(C)C. The highest BCUT2D eigenvalue weighted by Crippen LogP contribution is 2.40. The smallest absolute Gasteiger partial charge is 0.0948 e. The van der Waals surface area contributed by atoms with Crippen molar-refractivity contribution in [2.45, 2.75) is 52.4 Å². The second-order valence-corrected chi connectivity index (χ2v) is 5.18. The quantitative estimate of drug-likeness (QED) is 0.805. The van der Waals surface area contributed by atoms with Gasteiger partial charge in [0.05, 0.1) is 18.1 Å². The molecule has 0 aliphatic heterocycles. The Morgan fingerprint density at radius 1 is 1.62 bits per heavy atom. The molecule has 0 spiro atoms. The van der Waals surface area contributed by atoms with Gasteiger partial charge in [-0.25, -0.2) is 4.98 Å². The van der Waals surface area contributed by atoms with Crippen LogP contribution in [0.3, 0.4) is 0 Å². The Bertz CT molecular complexity index is 359. The normalized spacial score (nSPS) is 27.8. The van der Waals surface area contributed by atoms with Gasteiger partial charge in [0.25, 0.3) is 0 Å². The fourth-order valence-electron chi connectivity index (χ4n) is 2.26. The zero-order valence-corrected chi connectivity index (χ0v) is 10.3. The summed E-state index contributed by atoms with van der Waals surface area (Å²) < 4.78 is 2.13. The van der Waals surface area contributed by atoms with Crippen molar-refractivity contribution in [3.8, 4) is 0 Å². The molecule has 1 aromatic heterocycles. The molecule has 0 radical (unpaired) electrons. The van der Waals surface area contributed by atoms with E-state index in [4.69, 9.17) is 0 Å². The minimum Gasteiger partial charge on any atom is -0.392 e. The molecule has 1 heterocycles. The fraction of sp³-hybridized carbons (Fsp3) is 0.750. The second-order valence-electron chi connectivity index (χ2n) is 5.18. The number of aliphatic hydroxyl groups excluding tert-OH is 1. The van der Waals surface area contributed by atoms with Gasteiger partial charge in [0.1, 0.15) is 0 Å². The van der Waals surface area contributed by atoms with Gasteiger partial charge in [0.2, 0.25) is 0 Å². The largest absolute Gasteiger partial charge is 0.392 e. The molecule has 0 bridgehead atoms. The number of aliphatic hydroxyl groups is 1. The number of nitrogens with one attached hydrogen (secondary N) is 1. The van der Waals surface area contributed by atoms with E-state index in [1.807, 2.05) is 12.5 Å². The molecule has 0 amide bonds. The number of aryl methyl sites for hydroxylation is 1. The number of imidazole rings is 1. The van der Waals surface area contributed by atoms with Crippen molar-refractivity contribution in [3.05, 3.63) is 18.2 Å². The molecule has 4 heteroatoms. The molecule has 1 aliphatic carbocycles. The van der Waals surface area contributed by atoms with Gasteiger partial charge in [-0.2, -0.15) is 0 Å². The van der Waals surface area contributed by atoms with Gasteiger partial charge in [0, 0.05) is 30.7 Å². The van der Waals surface area contributed by atoms with Crippen molar-refractivity contribution in [2.75, 3.05) is 0 Å². The molecule has 90 valence electrons. The zero-order valence-electron chi connectivity index (χ0n) is 10.3. The summed E-state index contributed by atoms with van der Waals surface area (Å²) in [5, 5.41) is 13.1. The summed E-state index contributed by atoms with van der Waals surface area (Å²) in [5.74, 6) is 0. The zero-order chi connectivity index (χ0) is 11.8. The highest BCUT2D eigenvalue weighted by atomic mass is 16.3. The lowest BCUT2D eigenvalue weighted by Crippen LogP contribution is -2.59. The standard InChI is InChI=1S/C12H21N3O/c1-4-15-8-13-6-9(15)7-14-10-5-11(16)12(10,2)3/h6,8,10-11,14,16H,4-5,7H2,1-3H3. The lowest BCUT2D eigenvalue weighted by Gasteiger charge is -2.49. The molecule has 2 rings (SSSR count). The minimum absolute atomic E-state index is 0.00291. The molecule has 1 aliphatic rings. The highest BCUT2D eigenvalue weighted by Gasteiger charge is 2.46. The van der Waals surface area contributed by atoms with Gasteiger partial charge in [-0.05, 0) is 13.3 Å². The summed E-state index contributed by atoms with van der Waals surface area (Å²) in [7, 11) is 0. The van der Waals surface area contributed by atoms with Crippen LogP contribution >= 0.6 is 0 Å². The Kier molecular flexibility index (Phi) is 3.04. The molecule has 2 unspecified atom stereocenters. The third-order valence-electron chi connectivity index (χ3n) is 3.88. The van der Waals surface area contributed by atoms with E-state index >= 15 is 0 Å². The van der Waals surface area contributed by atoms with Crippen LogP contribution in [0.15, 0.2) is 12.5 Å². The molecule has 4 nitrogen and oxygen atoms in total. The molecular formula is C12H21N3O. The summed E-state index contributed by atoms with van der Waals surface area (Å²) >= 11 is 0. The molecule has 0 aromatic carbocycles. The summed E-state index contributed by atoms with van der Waals surface area (Å²) in [5.41, 5.74) is 1.21. The van der Waals surface area contributed by atoms with Crippen molar-refractivity contribution in [2.24, 2.45) is 5.41 Å². The van der Waals surface area contributed by atoms with E-state index in [2.05, 4.69) is 35.6 Å². The first-order chi connectivity index (χ1) is 7.55. The van der Waals surface area contributed by atoms with Gasteiger partial charge >= 0.3 is 0 Å². The number of aromatic nitrogens is 2. The van der Waals surface area contributed by atoms with Crippen molar-refractivity contribution in [1.29, 1.82) is 0 Å². The van der Waals surface area contributed by atoms with Crippen LogP contribution in [0.5, 0.6) is 0 Å². The van der Waals surface area contributed by atoms with Crippen LogP contribution in [0.1, 0.15) is 32.9 Å². The number of nitrogens with zero attached hydrogens (tertiary/aromatic N) is 2. The Labute approximate surface area is 96.7 Å². The van der Waals surface area contributed by atoms with Crippen LogP contribution < -0.4 is 5.32 Å². The number of rotatable bonds is 4. The monoisotopic (exact) mass is 223 g/mol. The summed E-state index contributed by atoms with van der Waals surface area (Å²) in [6.07, 6.45) is 4.45. The second kappa shape index (κ2) is 4.18. The Balaban J connectivity index is 1.89. The molecular weight excluding hydrogens is 202 g/mol. The van der Waals surface area contributed by atoms with Crippen molar-refractivity contribution in [3.63, 3.8) is 0 Å². The average molecular weight is 223 g/mol. The summed E-state index contributed by atoms with van der Waals surface area (Å²) in [6, 6.07) is 0.405. The van der Waals surface area contributed by atoms with Crippen molar-refractivity contribution in [1.82, 2.24) is 14.9 Å². The Morgan fingerprint density at radius 3 is 2.94 bits per heavy atom. The maximum Gasteiger partial charge on any atom is 0.0948 e. The predicted molar refractivity (Wildman–Crippen MR) is 62.9 cm³/mol. The van der Waals surface area contributed by atoms with E-state index in [0.717, 1.165) is 19.5 Å². The van der Waals surface area contributed by atoms with E-state index < -0.39 is 0 Å². The molecule has 1 aromatic rings. The van der Waals surface area contributed by atoms with E-state index in [-0.39, 0.29) is 11.5 Å². The van der Waals surface area contributed by atoms with Crippen LogP contribution in [-0.2, 0) is 13.1 Å². The predicted octanol–water partition coefficient (Wildman–Crippen LogP) is 1.15. The minimum atomic E-state index is -0.166. The van der Waals surface area contributed by atoms with Crippen LogP contribution in [0.4, 0.5) is 0 Å². The highest BCUT2D eigenvalue weighted by molar-refractivity contribution is 5.04. The number of hydrogen-bond acceptors (Lipinski definition) is 3. The van der Waals surface area contributed by atoms with Gasteiger partial charge in [-0.3, -0.25) is 0 Å². The first-order valence-corrected chi connectivity index (χ1v) is 5.96. The van der Waals surface area contributed by atoms with Crippen LogP contribution in [0.25, 0.3) is 0 Å². The van der Waals surface area contributed by atoms with E-state index in [1.54, 1.807) is 0 Å². The number of hydrogen-bond donors (Lipinski definition) is 2.